The van der Waals surface area contributed by atoms with Gasteiger partial charge in [-0.25, -0.2) is 0 Å². The van der Waals surface area contributed by atoms with E-state index in [1.807, 2.05) is 0 Å². The molecule has 3 N–H and O–H groups in total. The van der Waals surface area contributed by atoms with Crippen molar-refractivity contribution in [3.05, 3.63) is 0 Å². The van der Waals surface area contributed by atoms with Crippen LogP contribution in [0, 0.1) is 11.8 Å². The summed E-state index contributed by atoms with van der Waals surface area (Å²) >= 11 is 0. The second-order valence-corrected chi connectivity index (χ2v) is 8.50. The second-order valence-electron chi connectivity index (χ2n) is 8.50. The molecule has 2 fully saturated rings. The largest absolute Gasteiger partial charge is 0.374 e. The first kappa shape index (κ1) is 26.4. The van der Waals surface area contributed by atoms with Crippen LogP contribution in [-0.4, -0.2) is 75.3 Å². The monoisotopic (exact) mass is 523 g/mol. The van der Waals surface area contributed by atoms with Crippen LogP contribution in [0.1, 0.15) is 52.9 Å². The molecule has 1 saturated heterocycles. The maximum atomic E-state index is 12.0. The van der Waals surface area contributed by atoms with Gasteiger partial charge in [0.1, 0.15) is 0 Å². The lowest BCUT2D eigenvalue weighted by molar-refractivity contribution is -0.121. The number of carbonyl (C=O) groups excluding carboxylic acids is 1. The van der Waals surface area contributed by atoms with Gasteiger partial charge in [-0.1, -0.05) is 26.7 Å². The summed E-state index contributed by atoms with van der Waals surface area (Å²) in [7, 11) is 0. The fourth-order valence-corrected chi connectivity index (χ4v) is 4.04. The molecule has 1 aliphatic heterocycles. The highest BCUT2D eigenvalue weighted by atomic mass is 127. The third-order valence-electron chi connectivity index (χ3n) is 5.33. The number of nitrogens with one attached hydrogen (secondary N) is 3. The SMILES string of the molecule is CCNC(=NCC1CN(CC(C)C)CCO1)NCCNC(=O)CC1CCCC1.I. The van der Waals surface area contributed by atoms with Crippen molar-refractivity contribution in [2.75, 3.05) is 52.4 Å². The van der Waals surface area contributed by atoms with Gasteiger partial charge in [0.15, 0.2) is 5.96 Å². The number of amides is 1. The van der Waals surface area contributed by atoms with Gasteiger partial charge in [0.05, 0.1) is 19.3 Å². The first-order valence-corrected chi connectivity index (χ1v) is 11.2. The van der Waals surface area contributed by atoms with Crippen molar-refractivity contribution in [3.8, 4) is 0 Å². The van der Waals surface area contributed by atoms with Crippen LogP contribution in [0.2, 0.25) is 0 Å². The molecular formula is C21H42IN5O2. The lowest BCUT2D eigenvalue weighted by Crippen LogP contribution is -2.46. The fourth-order valence-electron chi connectivity index (χ4n) is 4.04. The molecule has 8 heteroatoms. The minimum Gasteiger partial charge on any atom is -0.374 e. The third-order valence-corrected chi connectivity index (χ3v) is 5.33. The Bertz CT molecular complexity index is 484. The Morgan fingerprint density at radius 3 is 2.59 bits per heavy atom. The van der Waals surface area contributed by atoms with Gasteiger partial charge < -0.3 is 20.7 Å². The molecule has 1 unspecified atom stereocenters. The van der Waals surface area contributed by atoms with Gasteiger partial charge in [-0.3, -0.25) is 14.7 Å². The van der Waals surface area contributed by atoms with Gasteiger partial charge in [-0.2, -0.15) is 0 Å². The Morgan fingerprint density at radius 2 is 1.90 bits per heavy atom. The standard InChI is InChI=1S/C21H41N5O2.HI/c1-4-22-21(24-10-9-23-20(27)13-18-7-5-6-8-18)25-14-19-16-26(11-12-28-19)15-17(2)3;/h17-19H,4-16H2,1-3H3,(H,23,27)(H2,22,24,25);1H. The zero-order chi connectivity index (χ0) is 20.2. The summed E-state index contributed by atoms with van der Waals surface area (Å²) in [4.78, 5) is 19.2. The summed E-state index contributed by atoms with van der Waals surface area (Å²) < 4.78 is 5.88. The van der Waals surface area contributed by atoms with Gasteiger partial charge in [-0.15, -0.1) is 24.0 Å². The normalized spacial score (nSPS) is 21.1. The van der Waals surface area contributed by atoms with E-state index in [1.54, 1.807) is 0 Å². The van der Waals surface area contributed by atoms with E-state index in [0.29, 0.717) is 37.9 Å². The minimum atomic E-state index is 0. The van der Waals surface area contributed by atoms with E-state index < -0.39 is 0 Å². The van der Waals surface area contributed by atoms with Crippen LogP contribution in [0.15, 0.2) is 4.99 Å². The van der Waals surface area contributed by atoms with Crippen molar-refractivity contribution < 1.29 is 9.53 Å². The number of nitrogens with zero attached hydrogens (tertiary/aromatic N) is 2. The van der Waals surface area contributed by atoms with Gasteiger partial charge in [0.2, 0.25) is 5.91 Å². The number of halogens is 1. The summed E-state index contributed by atoms with van der Waals surface area (Å²) in [5.74, 6) is 2.23. The van der Waals surface area contributed by atoms with Crippen LogP contribution in [0.4, 0.5) is 0 Å². The van der Waals surface area contributed by atoms with Crippen molar-refractivity contribution in [1.82, 2.24) is 20.9 Å². The predicted octanol–water partition coefficient (Wildman–Crippen LogP) is 2.21. The Morgan fingerprint density at radius 1 is 1.17 bits per heavy atom. The number of carbonyl (C=O) groups is 1. The summed E-state index contributed by atoms with van der Waals surface area (Å²) in [5.41, 5.74) is 0. The quantitative estimate of drug-likeness (QED) is 0.177. The maximum Gasteiger partial charge on any atom is 0.220 e. The highest BCUT2D eigenvalue weighted by Crippen LogP contribution is 2.27. The van der Waals surface area contributed by atoms with Crippen LogP contribution in [0.3, 0.4) is 0 Å². The van der Waals surface area contributed by atoms with E-state index in [1.165, 1.54) is 25.7 Å². The Balaban J connectivity index is 0.00000420. The summed E-state index contributed by atoms with van der Waals surface area (Å²) in [6.07, 6.45) is 5.81. The molecule has 0 radical (unpaired) electrons. The highest BCUT2D eigenvalue weighted by molar-refractivity contribution is 14.0. The number of morpholine rings is 1. The molecule has 1 amide bonds. The molecule has 0 aromatic rings. The van der Waals surface area contributed by atoms with Crippen molar-refractivity contribution in [1.29, 1.82) is 0 Å². The van der Waals surface area contributed by atoms with E-state index in [0.717, 1.165) is 38.7 Å². The number of aliphatic imine (C=N–C) groups is 1. The lowest BCUT2D eigenvalue weighted by Gasteiger charge is -2.33. The summed E-state index contributed by atoms with van der Waals surface area (Å²) in [6, 6.07) is 0. The highest BCUT2D eigenvalue weighted by Gasteiger charge is 2.21. The van der Waals surface area contributed by atoms with Gasteiger partial charge in [0, 0.05) is 45.7 Å². The van der Waals surface area contributed by atoms with E-state index in [4.69, 9.17) is 4.74 Å². The molecule has 0 spiro atoms. The number of guanidine groups is 1. The molecular weight excluding hydrogens is 481 g/mol. The lowest BCUT2D eigenvalue weighted by atomic mass is 10.0. The van der Waals surface area contributed by atoms with Crippen molar-refractivity contribution in [2.24, 2.45) is 16.8 Å². The van der Waals surface area contributed by atoms with Gasteiger partial charge in [-0.05, 0) is 31.6 Å². The van der Waals surface area contributed by atoms with Crippen LogP contribution in [-0.2, 0) is 9.53 Å². The molecule has 0 aromatic carbocycles. The zero-order valence-electron chi connectivity index (χ0n) is 18.5. The smallest absolute Gasteiger partial charge is 0.220 e. The number of hydrogen-bond acceptors (Lipinski definition) is 4. The van der Waals surface area contributed by atoms with Crippen LogP contribution in [0.25, 0.3) is 0 Å². The minimum absolute atomic E-state index is 0. The number of hydrogen-bond donors (Lipinski definition) is 3. The van der Waals surface area contributed by atoms with Crippen molar-refractivity contribution >= 4 is 35.8 Å². The molecule has 1 atom stereocenters. The molecule has 1 heterocycles. The Hall–Kier alpha value is -0.610. The van der Waals surface area contributed by atoms with Gasteiger partial charge >= 0.3 is 0 Å². The van der Waals surface area contributed by atoms with Crippen molar-refractivity contribution in [3.63, 3.8) is 0 Å². The third kappa shape index (κ3) is 11.4. The van der Waals surface area contributed by atoms with Crippen LogP contribution in [0.5, 0.6) is 0 Å². The molecule has 1 saturated carbocycles. The van der Waals surface area contributed by atoms with Crippen LogP contribution >= 0.6 is 24.0 Å². The first-order chi connectivity index (χ1) is 13.6. The summed E-state index contributed by atoms with van der Waals surface area (Å²) in [6.45, 7) is 13.2. The van der Waals surface area contributed by atoms with E-state index in [-0.39, 0.29) is 36.0 Å². The van der Waals surface area contributed by atoms with Gasteiger partial charge in [0.25, 0.3) is 0 Å². The average molecular weight is 524 g/mol. The molecule has 7 nitrogen and oxygen atoms in total. The topological polar surface area (TPSA) is 78.0 Å². The molecule has 29 heavy (non-hydrogen) atoms. The Kier molecular flexibility index (Phi) is 13.9. The van der Waals surface area contributed by atoms with Crippen molar-refractivity contribution in [2.45, 2.75) is 59.0 Å². The molecule has 0 bridgehead atoms. The molecule has 2 rings (SSSR count). The van der Waals surface area contributed by atoms with E-state index >= 15 is 0 Å². The number of rotatable bonds is 10. The van der Waals surface area contributed by atoms with E-state index in [9.17, 15) is 4.79 Å². The second kappa shape index (κ2) is 15.2. The number of ether oxygens (including phenoxy) is 1. The molecule has 2 aliphatic rings. The fraction of sp³-hybridized carbons (Fsp3) is 0.905. The average Bonchev–Trinajstić information content (AvgIpc) is 3.16. The molecule has 0 aromatic heterocycles. The molecule has 1 aliphatic carbocycles. The maximum absolute atomic E-state index is 12.0. The Labute approximate surface area is 194 Å². The van der Waals surface area contributed by atoms with E-state index in [2.05, 4.69) is 46.6 Å². The molecule has 170 valence electrons. The first-order valence-electron chi connectivity index (χ1n) is 11.2. The zero-order valence-corrected chi connectivity index (χ0v) is 20.9. The summed E-state index contributed by atoms with van der Waals surface area (Å²) in [5, 5.41) is 9.60. The van der Waals surface area contributed by atoms with Crippen LogP contribution < -0.4 is 16.0 Å². The predicted molar refractivity (Wildman–Crippen MR) is 130 cm³/mol.